The van der Waals surface area contributed by atoms with E-state index in [1.165, 1.54) is 6.07 Å². The summed E-state index contributed by atoms with van der Waals surface area (Å²) in [7, 11) is 1.60. The van der Waals surface area contributed by atoms with Crippen molar-refractivity contribution in [3.05, 3.63) is 40.1 Å². The van der Waals surface area contributed by atoms with Crippen LogP contribution in [0.2, 0.25) is 0 Å². The average molecular weight is 245 g/mol. The maximum Gasteiger partial charge on any atom is 0.131 e. The molecule has 1 aromatic rings. The number of ether oxygens (including phenoxy) is 1. The summed E-state index contributed by atoms with van der Waals surface area (Å²) in [4.78, 5) is 0. The first-order valence-electron chi connectivity index (χ1n) is 3.84. The van der Waals surface area contributed by atoms with Crippen LogP contribution in [0.15, 0.2) is 28.7 Å². The number of methoxy groups -OCH3 is 1. The molecule has 0 aliphatic heterocycles. The second-order valence-corrected chi connectivity index (χ2v) is 3.44. The Kier molecular flexibility index (Phi) is 4.12. The molecule has 0 aromatic heterocycles. The molecule has 3 heteroatoms. The third-order valence-electron chi connectivity index (χ3n) is 1.52. The Morgan fingerprint density at radius 3 is 2.92 bits per heavy atom. The third-order valence-corrected chi connectivity index (χ3v) is 2.02. The van der Waals surface area contributed by atoms with Gasteiger partial charge in [-0.25, -0.2) is 4.39 Å². The molecule has 1 rings (SSSR count). The van der Waals surface area contributed by atoms with Gasteiger partial charge in [0, 0.05) is 17.1 Å². The molecule has 0 unspecified atom stereocenters. The van der Waals surface area contributed by atoms with E-state index in [0.717, 1.165) is 4.47 Å². The largest absolute Gasteiger partial charge is 0.381 e. The summed E-state index contributed by atoms with van der Waals surface area (Å²) in [6.45, 7) is 0.496. The Morgan fingerprint density at radius 2 is 2.31 bits per heavy atom. The molecule has 0 saturated heterocycles. The van der Waals surface area contributed by atoms with E-state index >= 15 is 0 Å². The second-order valence-electron chi connectivity index (χ2n) is 2.52. The van der Waals surface area contributed by atoms with E-state index in [4.69, 9.17) is 4.74 Å². The van der Waals surface area contributed by atoms with Crippen molar-refractivity contribution in [1.29, 1.82) is 0 Å². The maximum absolute atomic E-state index is 13.2. The van der Waals surface area contributed by atoms with Crippen molar-refractivity contribution in [3.63, 3.8) is 0 Å². The Balaban J connectivity index is 2.77. The molecule has 0 fully saturated rings. The number of benzene rings is 1. The van der Waals surface area contributed by atoms with E-state index in [9.17, 15) is 4.39 Å². The highest BCUT2D eigenvalue weighted by Gasteiger charge is 1.97. The molecule has 0 saturated carbocycles. The first-order valence-corrected chi connectivity index (χ1v) is 4.64. The van der Waals surface area contributed by atoms with E-state index < -0.39 is 0 Å². The molecule has 0 aliphatic rings. The zero-order valence-electron chi connectivity index (χ0n) is 7.26. The molecule has 0 atom stereocenters. The standard InChI is InChI=1S/C10H10BrFO/c1-13-6-2-3-8-4-5-9(11)7-10(8)12/h2-5,7H,6H2,1H3/b3-2+. The molecule has 0 heterocycles. The molecule has 0 N–H and O–H groups in total. The monoisotopic (exact) mass is 244 g/mol. The summed E-state index contributed by atoms with van der Waals surface area (Å²) in [5.41, 5.74) is 0.570. The second kappa shape index (κ2) is 5.14. The zero-order chi connectivity index (χ0) is 9.68. The van der Waals surface area contributed by atoms with Crippen molar-refractivity contribution >= 4 is 22.0 Å². The predicted molar refractivity (Wildman–Crippen MR) is 55.0 cm³/mol. The van der Waals surface area contributed by atoms with Crippen LogP contribution in [0.1, 0.15) is 5.56 Å². The topological polar surface area (TPSA) is 9.23 Å². The van der Waals surface area contributed by atoms with Crippen LogP contribution < -0.4 is 0 Å². The highest BCUT2D eigenvalue weighted by molar-refractivity contribution is 9.10. The van der Waals surface area contributed by atoms with Gasteiger partial charge in [0.15, 0.2) is 0 Å². The minimum absolute atomic E-state index is 0.235. The van der Waals surface area contributed by atoms with Gasteiger partial charge in [0.05, 0.1) is 6.61 Å². The summed E-state index contributed by atoms with van der Waals surface area (Å²) in [6, 6.07) is 4.95. The van der Waals surface area contributed by atoms with Gasteiger partial charge in [-0.2, -0.15) is 0 Å². The zero-order valence-corrected chi connectivity index (χ0v) is 8.84. The maximum atomic E-state index is 13.2. The number of hydrogen-bond donors (Lipinski definition) is 0. The van der Waals surface area contributed by atoms with Crippen molar-refractivity contribution in [2.45, 2.75) is 0 Å². The quantitative estimate of drug-likeness (QED) is 0.794. The Labute approximate surface area is 85.3 Å². The van der Waals surface area contributed by atoms with Crippen LogP contribution >= 0.6 is 15.9 Å². The first-order chi connectivity index (χ1) is 6.24. The fourth-order valence-corrected chi connectivity index (χ4v) is 1.24. The van der Waals surface area contributed by atoms with Gasteiger partial charge in [-0.3, -0.25) is 0 Å². The number of halogens is 2. The summed E-state index contributed by atoms with van der Waals surface area (Å²) < 4.78 is 18.7. The smallest absolute Gasteiger partial charge is 0.131 e. The lowest BCUT2D eigenvalue weighted by atomic mass is 10.2. The molecular formula is C10H10BrFO. The summed E-state index contributed by atoms with van der Waals surface area (Å²) >= 11 is 3.19. The van der Waals surface area contributed by atoms with Gasteiger partial charge < -0.3 is 4.74 Å². The van der Waals surface area contributed by atoms with Crippen molar-refractivity contribution in [1.82, 2.24) is 0 Å². The lowest BCUT2D eigenvalue weighted by molar-refractivity contribution is 0.234. The molecule has 1 aromatic carbocycles. The minimum Gasteiger partial charge on any atom is -0.381 e. The molecule has 1 nitrogen and oxygen atoms in total. The van der Waals surface area contributed by atoms with Crippen LogP contribution in [0.3, 0.4) is 0 Å². The minimum atomic E-state index is -0.235. The number of hydrogen-bond acceptors (Lipinski definition) is 1. The van der Waals surface area contributed by atoms with Crippen molar-refractivity contribution in [2.24, 2.45) is 0 Å². The Morgan fingerprint density at radius 1 is 1.54 bits per heavy atom. The van der Waals surface area contributed by atoms with Crippen molar-refractivity contribution < 1.29 is 9.13 Å². The van der Waals surface area contributed by atoms with Crippen LogP contribution in [-0.4, -0.2) is 13.7 Å². The molecule has 0 aliphatic carbocycles. The van der Waals surface area contributed by atoms with Crippen LogP contribution in [0.4, 0.5) is 4.39 Å². The van der Waals surface area contributed by atoms with Crippen molar-refractivity contribution in [3.8, 4) is 0 Å². The molecular weight excluding hydrogens is 235 g/mol. The normalized spacial score (nSPS) is 11.0. The molecule has 13 heavy (non-hydrogen) atoms. The molecule has 0 amide bonds. The summed E-state index contributed by atoms with van der Waals surface area (Å²) in [6.07, 6.45) is 3.47. The predicted octanol–water partition coefficient (Wildman–Crippen LogP) is 3.25. The third kappa shape index (κ3) is 3.28. The Hall–Kier alpha value is -0.670. The summed E-state index contributed by atoms with van der Waals surface area (Å²) in [5, 5.41) is 0. The SMILES string of the molecule is COC/C=C/c1ccc(Br)cc1F. The van der Waals surface area contributed by atoms with E-state index in [0.29, 0.717) is 12.2 Å². The molecule has 0 spiro atoms. The van der Waals surface area contributed by atoms with Gasteiger partial charge in [0.25, 0.3) is 0 Å². The van der Waals surface area contributed by atoms with Gasteiger partial charge in [0.1, 0.15) is 5.82 Å². The van der Waals surface area contributed by atoms with E-state index in [1.807, 2.05) is 0 Å². The number of rotatable bonds is 3. The van der Waals surface area contributed by atoms with Gasteiger partial charge in [-0.1, -0.05) is 34.1 Å². The highest BCUT2D eigenvalue weighted by atomic mass is 79.9. The van der Waals surface area contributed by atoms with E-state index in [1.54, 1.807) is 31.4 Å². The van der Waals surface area contributed by atoms with E-state index in [-0.39, 0.29) is 5.82 Å². The fraction of sp³-hybridized carbons (Fsp3) is 0.200. The van der Waals surface area contributed by atoms with Crippen LogP contribution in [0, 0.1) is 5.82 Å². The van der Waals surface area contributed by atoms with Crippen LogP contribution in [-0.2, 0) is 4.74 Å². The fourth-order valence-electron chi connectivity index (χ4n) is 0.908. The van der Waals surface area contributed by atoms with Crippen LogP contribution in [0.25, 0.3) is 6.08 Å². The van der Waals surface area contributed by atoms with Crippen LogP contribution in [0.5, 0.6) is 0 Å². The lowest BCUT2D eigenvalue weighted by Crippen LogP contribution is -1.84. The summed E-state index contributed by atoms with van der Waals surface area (Å²) in [5.74, 6) is -0.235. The molecule has 0 radical (unpaired) electrons. The van der Waals surface area contributed by atoms with Gasteiger partial charge in [0.2, 0.25) is 0 Å². The van der Waals surface area contributed by atoms with Gasteiger partial charge in [-0.05, 0) is 12.1 Å². The molecule has 0 bridgehead atoms. The first kappa shape index (κ1) is 10.4. The Bertz CT molecular complexity index is 310. The van der Waals surface area contributed by atoms with Gasteiger partial charge in [-0.15, -0.1) is 0 Å². The highest BCUT2D eigenvalue weighted by Crippen LogP contribution is 2.16. The van der Waals surface area contributed by atoms with E-state index in [2.05, 4.69) is 15.9 Å². The average Bonchev–Trinajstić information content (AvgIpc) is 2.09. The lowest BCUT2D eigenvalue weighted by Gasteiger charge is -1.97. The van der Waals surface area contributed by atoms with Gasteiger partial charge >= 0.3 is 0 Å². The van der Waals surface area contributed by atoms with Crippen molar-refractivity contribution in [2.75, 3.05) is 13.7 Å². The molecule has 70 valence electrons.